The van der Waals surface area contributed by atoms with Gasteiger partial charge in [0.1, 0.15) is 24.1 Å². The summed E-state index contributed by atoms with van der Waals surface area (Å²) in [6.07, 6.45) is 1.74. The van der Waals surface area contributed by atoms with Crippen molar-refractivity contribution in [3.8, 4) is 0 Å². The highest BCUT2D eigenvalue weighted by atomic mass is 35.5. The molecule has 6 N–H and O–H groups in total. The Morgan fingerprint density at radius 1 is 1.26 bits per heavy atom. The van der Waals surface area contributed by atoms with Crippen molar-refractivity contribution < 1.29 is 39.1 Å². The van der Waals surface area contributed by atoms with Crippen molar-refractivity contribution >= 4 is 36.0 Å². The molecule has 0 aromatic carbocycles. The summed E-state index contributed by atoms with van der Waals surface area (Å²) in [5.74, 6) is 0.515. The molecule has 4 rings (SSSR count). The van der Waals surface area contributed by atoms with Crippen LogP contribution in [0.15, 0.2) is 6.20 Å². The molecule has 13 nitrogen and oxygen atoms in total. The molecule has 2 aromatic rings. The normalized spacial score (nSPS) is 28.3. The van der Waals surface area contributed by atoms with Crippen molar-refractivity contribution in [3.05, 3.63) is 11.5 Å². The summed E-state index contributed by atoms with van der Waals surface area (Å²) in [5.41, 5.74) is 0.284. The minimum absolute atomic E-state index is 0.0270. The molecule has 3 heterocycles. The molecule has 0 radical (unpaired) electrons. The van der Waals surface area contributed by atoms with E-state index in [0.29, 0.717) is 11.2 Å². The van der Waals surface area contributed by atoms with Crippen LogP contribution in [0.1, 0.15) is 45.3 Å². The topological polar surface area (TPSA) is 192 Å². The van der Waals surface area contributed by atoms with E-state index in [1.807, 2.05) is 0 Å². The first kappa shape index (κ1) is 25.7. The van der Waals surface area contributed by atoms with Crippen LogP contribution in [0.2, 0.25) is 5.28 Å². The fourth-order valence-electron chi connectivity index (χ4n) is 4.19. The lowest BCUT2D eigenvalue weighted by Crippen LogP contribution is -2.39. The summed E-state index contributed by atoms with van der Waals surface area (Å²) < 4.78 is 23.9. The number of aliphatic hydroxyl groups is 3. The van der Waals surface area contributed by atoms with Crippen molar-refractivity contribution in [2.45, 2.75) is 75.0 Å². The maximum absolute atomic E-state index is 11.6. The van der Waals surface area contributed by atoms with E-state index in [9.17, 15) is 29.7 Å². The van der Waals surface area contributed by atoms with Crippen LogP contribution in [0, 0.1) is 0 Å². The van der Waals surface area contributed by atoms with Crippen molar-refractivity contribution in [2.75, 3.05) is 18.5 Å². The maximum Gasteiger partial charge on any atom is 0.359 e. The van der Waals surface area contributed by atoms with Crippen LogP contribution in [0.25, 0.3) is 11.0 Å². The average Bonchev–Trinajstić information content (AvgIpc) is 3.33. The zero-order chi connectivity index (χ0) is 24.7. The number of hydrogen-bond acceptors (Lipinski definition) is 10. The Morgan fingerprint density at radius 3 is 2.62 bits per heavy atom. The summed E-state index contributed by atoms with van der Waals surface area (Å²) in [5, 5.41) is 36.5. The summed E-state index contributed by atoms with van der Waals surface area (Å²) in [7, 11) is -4.83. The van der Waals surface area contributed by atoms with Crippen molar-refractivity contribution in [2.24, 2.45) is 0 Å². The molecule has 0 spiro atoms. The van der Waals surface area contributed by atoms with Crippen LogP contribution in [-0.4, -0.2) is 87.8 Å². The number of fused-ring (bicyclic) bond motifs is 1. The molecule has 0 bridgehead atoms. The Kier molecular flexibility index (Phi) is 7.49. The van der Waals surface area contributed by atoms with E-state index in [2.05, 4.69) is 20.4 Å². The SMILES string of the molecule is CC(CO)(OC[C@H]1O[C@@H](n2ncc3c(NC4CCCCC4)nc(Cl)nc32)[C@H](O)[C@@H]1O)P(=O)(O)O. The molecule has 0 amide bonds. The van der Waals surface area contributed by atoms with Crippen molar-refractivity contribution in [3.63, 3.8) is 0 Å². The minimum Gasteiger partial charge on any atom is -0.393 e. The third-order valence-electron chi connectivity index (χ3n) is 6.42. The molecule has 190 valence electrons. The van der Waals surface area contributed by atoms with Crippen molar-refractivity contribution in [1.82, 2.24) is 19.7 Å². The Bertz CT molecular complexity index is 1060. The molecule has 1 aliphatic heterocycles. The molecule has 1 saturated carbocycles. The Balaban J connectivity index is 1.55. The summed E-state index contributed by atoms with van der Waals surface area (Å²) in [6, 6.07) is 0.248. The first-order valence-electron chi connectivity index (χ1n) is 11.0. The number of rotatable bonds is 8. The van der Waals surface area contributed by atoms with Gasteiger partial charge >= 0.3 is 7.60 Å². The third kappa shape index (κ3) is 4.95. The molecule has 2 aromatic heterocycles. The average molecular weight is 522 g/mol. The van der Waals surface area contributed by atoms with E-state index in [-0.39, 0.29) is 17.0 Å². The molecule has 1 unspecified atom stereocenters. The first-order chi connectivity index (χ1) is 16.0. The summed E-state index contributed by atoms with van der Waals surface area (Å²) in [4.78, 5) is 27.4. The molecular weight excluding hydrogens is 493 g/mol. The van der Waals surface area contributed by atoms with Crippen LogP contribution >= 0.6 is 19.2 Å². The predicted molar refractivity (Wildman–Crippen MR) is 120 cm³/mol. The van der Waals surface area contributed by atoms with Crippen LogP contribution in [-0.2, 0) is 14.0 Å². The third-order valence-corrected chi connectivity index (χ3v) is 8.09. The van der Waals surface area contributed by atoms with E-state index in [0.717, 1.165) is 32.6 Å². The molecular formula is C19H29ClN5O8P. The minimum atomic E-state index is -4.83. The van der Waals surface area contributed by atoms with Gasteiger partial charge in [0.2, 0.25) is 5.28 Å². The molecule has 5 atom stereocenters. The van der Waals surface area contributed by atoms with E-state index >= 15 is 0 Å². The zero-order valence-corrected chi connectivity index (χ0v) is 20.1. The Hall–Kier alpha value is -1.41. The zero-order valence-electron chi connectivity index (χ0n) is 18.5. The Morgan fingerprint density at radius 2 is 1.97 bits per heavy atom. The second-order valence-corrected chi connectivity index (χ2v) is 11.3. The van der Waals surface area contributed by atoms with Gasteiger partial charge in [0.25, 0.3) is 0 Å². The van der Waals surface area contributed by atoms with Gasteiger partial charge in [-0.15, -0.1) is 0 Å². The Labute approximate surface area is 200 Å². The molecule has 2 fully saturated rings. The number of aliphatic hydroxyl groups excluding tert-OH is 3. The fourth-order valence-corrected chi connectivity index (χ4v) is 4.78. The predicted octanol–water partition coefficient (Wildman–Crippen LogP) is 0.746. The number of aromatic nitrogens is 4. The van der Waals surface area contributed by atoms with Crippen molar-refractivity contribution in [1.29, 1.82) is 0 Å². The highest BCUT2D eigenvalue weighted by Gasteiger charge is 2.48. The quantitative estimate of drug-likeness (QED) is 0.211. The lowest BCUT2D eigenvalue weighted by molar-refractivity contribution is -0.104. The molecule has 34 heavy (non-hydrogen) atoms. The number of anilines is 1. The van der Waals surface area contributed by atoms with E-state index in [4.69, 9.17) is 21.1 Å². The second kappa shape index (κ2) is 9.92. The number of nitrogens with zero attached hydrogens (tertiary/aromatic N) is 4. The van der Waals surface area contributed by atoms with Gasteiger partial charge in [0.05, 0.1) is 24.8 Å². The van der Waals surface area contributed by atoms with Crippen LogP contribution in [0.4, 0.5) is 5.82 Å². The van der Waals surface area contributed by atoms with E-state index in [1.54, 1.807) is 0 Å². The van der Waals surface area contributed by atoms with Gasteiger partial charge in [-0.05, 0) is 31.4 Å². The van der Waals surface area contributed by atoms with Gasteiger partial charge in [-0.3, -0.25) is 4.57 Å². The van der Waals surface area contributed by atoms with Gasteiger partial charge in [0.15, 0.2) is 17.2 Å². The number of ether oxygens (including phenoxy) is 2. The van der Waals surface area contributed by atoms with E-state index in [1.165, 1.54) is 17.3 Å². The van der Waals surface area contributed by atoms with Gasteiger partial charge in [0, 0.05) is 6.04 Å². The number of halogens is 1. The van der Waals surface area contributed by atoms with Gasteiger partial charge in [-0.25, -0.2) is 4.68 Å². The highest BCUT2D eigenvalue weighted by Crippen LogP contribution is 2.51. The van der Waals surface area contributed by atoms with Gasteiger partial charge in [-0.1, -0.05) is 19.3 Å². The largest absolute Gasteiger partial charge is 0.393 e. The summed E-state index contributed by atoms with van der Waals surface area (Å²) in [6.45, 7) is -0.411. The number of nitrogens with one attached hydrogen (secondary N) is 1. The molecule has 15 heteroatoms. The van der Waals surface area contributed by atoms with Crippen LogP contribution in [0.3, 0.4) is 0 Å². The lowest BCUT2D eigenvalue weighted by atomic mass is 9.95. The first-order valence-corrected chi connectivity index (χ1v) is 13.0. The van der Waals surface area contributed by atoms with E-state index < -0.39 is 50.7 Å². The maximum atomic E-state index is 11.6. The fraction of sp³-hybridized carbons (Fsp3) is 0.737. The molecule has 1 saturated heterocycles. The van der Waals surface area contributed by atoms with Gasteiger partial charge in [-0.2, -0.15) is 15.1 Å². The second-order valence-electron chi connectivity index (χ2n) is 8.88. The highest BCUT2D eigenvalue weighted by molar-refractivity contribution is 7.53. The molecule has 1 aliphatic carbocycles. The lowest BCUT2D eigenvalue weighted by Gasteiger charge is -2.29. The van der Waals surface area contributed by atoms with Crippen LogP contribution in [0.5, 0.6) is 0 Å². The standard InChI is InChI=1S/C19H29ClN5O8P/c1-19(9-26,34(29,30)31)32-8-12-13(27)14(28)17(33-12)25-16-11(7-21-25)15(23-18(20)24-16)22-10-5-3-2-4-6-10/h7,10,12-14,17,26-28H,2-6,8-9H2,1H3,(H,22,23,24)(H2,29,30,31)/t12-,13-,14-,17-,19?/m1/s1. The monoisotopic (exact) mass is 521 g/mol. The molecule has 2 aliphatic rings. The number of hydrogen-bond donors (Lipinski definition) is 6. The van der Waals surface area contributed by atoms with Crippen LogP contribution < -0.4 is 5.32 Å². The van der Waals surface area contributed by atoms with Gasteiger partial charge < -0.3 is 39.9 Å². The summed E-state index contributed by atoms with van der Waals surface area (Å²) >= 11 is 6.16. The smallest absolute Gasteiger partial charge is 0.359 e.